The zero-order valence-electron chi connectivity index (χ0n) is 12.8. The summed E-state index contributed by atoms with van der Waals surface area (Å²) >= 11 is 0. The van der Waals surface area contributed by atoms with Gasteiger partial charge < -0.3 is 14.7 Å². The van der Waals surface area contributed by atoms with Crippen LogP contribution in [0.1, 0.15) is 0 Å². The predicted molar refractivity (Wildman–Crippen MR) is 85.2 cm³/mol. The third kappa shape index (κ3) is 3.27. The number of ether oxygens (including phenoxy) is 1. The van der Waals surface area contributed by atoms with Gasteiger partial charge in [0, 0.05) is 7.05 Å². The van der Waals surface area contributed by atoms with Gasteiger partial charge in [-0.15, -0.1) is 0 Å². The summed E-state index contributed by atoms with van der Waals surface area (Å²) in [5, 5.41) is 12.2. The van der Waals surface area contributed by atoms with Gasteiger partial charge in [0.25, 0.3) is 0 Å². The number of amides is 3. The standard InChI is InChI=1S/C17H18N2O4/c1-18-10-16(21)19(17(18)22)9-14(20)11-23-15-7-6-12-4-2-3-5-13(12)8-15/h2-8,14,20H,9-11H2,1H3. The van der Waals surface area contributed by atoms with Gasteiger partial charge in [-0.25, -0.2) is 4.79 Å². The van der Waals surface area contributed by atoms with Crippen molar-refractivity contribution >= 4 is 22.7 Å². The fraction of sp³-hybridized carbons (Fsp3) is 0.294. The van der Waals surface area contributed by atoms with Crippen LogP contribution in [0.4, 0.5) is 4.79 Å². The molecular weight excluding hydrogens is 296 g/mol. The average Bonchev–Trinajstić information content (AvgIpc) is 2.79. The minimum atomic E-state index is -0.930. The maximum absolute atomic E-state index is 11.8. The highest BCUT2D eigenvalue weighted by Crippen LogP contribution is 2.20. The molecule has 1 saturated heterocycles. The maximum Gasteiger partial charge on any atom is 0.327 e. The van der Waals surface area contributed by atoms with Gasteiger partial charge in [-0.2, -0.15) is 0 Å². The summed E-state index contributed by atoms with van der Waals surface area (Å²) < 4.78 is 5.57. The number of fused-ring (bicyclic) bond motifs is 1. The Bertz CT molecular complexity index is 746. The van der Waals surface area contributed by atoms with E-state index in [-0.39, 0.29) is 31.6 Å². The maximum atomic E-state index is 11.8. The molecule has 120 valence electrons. The molecule has 2 aromatic carbocycles. The second-order valence-electron chi connectivity index (χ2n) is 5.62. The van der Waals surface area contributed by atoms with Gasteiger partial charge in [0.15, 0.2) is 0 Å². The number of nitrogens with zero attached hydrogens (tertiary/aromatic N) is 2. The number of aliphatic hydroxyl groups excluding tert-OH is 1. The molecule has 1 aliphatic rings. The van der Waals surface area contributed by atoms with Crippen molar-refractivity contribution in [2.45, 2.75) is 6.10 Å². The van der Waals surface area contributed by atoms with E-state index in [1.807, 2.05) is 42.5 Å². The molecule has 23 heavy (non-hydrogen) atoms. The molecule has 1 aliphatic heterocycles. The van der Waals surface area contributed by atoms with Crippen LogP contribution >= 0.6 is 0 Å². The number of urea groups is 1. The highest BCUT2D eigenvalue weighted by Gasteiger charge is 2.34. The Morgan fingerprint density at radius 2 is 1.91 bits per heavy atom. The van der Waals surface area contributed by atoms with E-state index in [1.54, 1.807) is 7.05 Å². The molecule has 6 nitrogen and oxygen atoms in total. The lowest BCUT2D eigenvalue weighted by atomic mass is 10.1. The highest BCUT2D eigenvalue weighted by molar-refractivity contribution is 6.01. The van der Waals surface area contributed by atoms with E-state index in [9.17, 15) is 14.7 Å². The van der Waals surface area contributed by atoms with Crippen LogP contribution in [0.15, 0.2) is 42.5 Å². The Morgan fingerprint density at radius 1 is 1.17 bits per heavy atom. The molecule has 6 heteroatoms. The van der Waals surface area contributed by atoms with Gasteiger partial charge in [0.2, 0.25) is 5.91 Å². The number of rotatable bonds is 5. The predicted octanol–water partition coefficient (Wildman–Crippen LogP) is 1.47. The third-order valence-corrected chi connectivity index (χ3v) is 3.79. The van der Waals surface area contributed by atoms with Crippen molar-refractivity contribution in [1.29, 1.82) is 0 Å². The van der Waals surface area contributed by atoms with Crippen LogP contribution in [0.5, 0.6) is 5.75 Å². The first-order valence-electron chi connectivity index (χ1n) is 7.40. The normalized spacial score (nSPS) is 16.3. The molecule has 0 aliphatic carbocycles. The average molecular weight is 314 g/mol. The Labute approximate surface area is 133 Å². The zero-order chi connectivity index (χ0) is 16.4. The molecule has 0 aromatic heterocycles. The van der Waals surface area contributed by atoms with Crippen molar-refractivity contribution in [3.63, 3.8) is 0 Å². The summed E-state index contributed by atoms with van der Waals surface area (Å²) in [7, 11) is 1.55. The largest absolute Gasteiger partial charge is 0.491 e. The third-order valence-electron chi connectivity index (χ3n) is 3.79. The number of likely N-dealkylation sites (N-methyl/N-ethyl adjacent to an activating group) is 1. The van der Waals surface area contributed by atoms with E-state index in [4.69, 9.17) is 4.74 Å². The van der Waals surface area contributed by atoms with Crippen molar-refractivity contribution in [1.82, 2.24) is 9.80 Å². The van der Waals surface area contributed by atoms with Crippen molar-refractivity contribution in [2.75, 3.05) is 26.7 Å². The summed E-state index contributed by atoms with van der Waals surface area (Å²) in [6.07, 6.45) is -0.930. The molecule has 0 saturated carbocycles. The molecule has 2 aromatic rings. The summed E-state index contributed by atoms with van der Waals surface area (Å²) in [5.74, 6) is 0.334. The van der Waals surface area contributed by atoms with Gasteiger partial charge >= 0.3 is 6.03 Å². The van der Waals surface area contributed by atoms with Crippen LogP contribution in [0.3, 0.4) is 0 Å². The van der Waals surface area contributed by atoms with Gasteiger partial charge in [0.1, 0.15) is 25.0 Å². The number of β-amino-alcohol motifs (C(OH)–C–C–N with tert-alkyl or cyclic N) is 1. The lowest BCUT2D eigenvalue weighted by molar-refractivity contribution is -0.126. The number of carbonyl (C=O) groups excluding carboxylic acids is 2. The number of benzene rings is 2. The monoisotopic (exact) mass is 314 g/mol. The first-order chi connectivity index (χ1) is 11.0. The molecule has 1 fully saturated rings. The molecule has 0 radical (unpaired) electrons. The molecule has 3 rings (SSSR count). The molecule has 1 atom stereocenters. The Morgan fingerprint density at radius 3 is 2.61 bits per heavy atom. The summed E-state index contributed by atoms with van der Waals surface area (Å²) in [4.78, 5) is 25.8. The smallest absolute Gasteiger partial charge is 0.327 e. The summed E-state index contributed by atoms with van der Waals surface area (Å²) in [6, 6.07) is 13.2. The number of aliphatic hydroxyl groups is 1. The van der Waals surface area contributed by atoms with E-state index in [0.717, 1.165) is 15.7 Å². The number of carbonyl (C=O) groups is 2. The molecule has 0 bridgehead atoms. The van der Waals surface area contributed by atoms with E-state index in [0.29, 0.717) is 5.75 Å². The van der Waals surface area contributed by atoms with Crippen LogP contribution in [0, 0.1) is 0 Å². The second kappa shape index (κ2) is 6.26. The molecular formula is C17H18N2O4. The fourth-order valence-electron chi connectivity index (χ4n) is 2.56. The quantitative estimate of drug-likeness (QED) is 0.849. The highest BCUT2D eigenvalue weighted by atomic mass is 16.5. The lowest BCUT2D eigenvalue weighted by Gasteiger charge is -2.18. The fourth-order valence-corrected chi connectivity index (χ4v) is 2.56. The van der Waals surface area contributed by atoms with E-state index >= 15 is 0 Å². The molecule has 1 heterocycles. The van der Waals surface area contributed by atoms with Gasteiger partial charge in [-0.1, -0.05) is 30.3 Å². The topological polar surface area (TPSA) is 70.1 Å². The van der Waals surface area contributed by atoms with E-state index < -0.39 is 6.10 Å². The van der Waals surface area contributed by atoms with Crippen LogP contribution in [0.2, 0.25) is 0 Å². The molecule has 0 spiro atoms. The Kier molecular flexibility index (Phi) is 4.16. The van der Waals surface area contributed by atoms with Gasteiger partial charge in [0.05, 0.1) is 6.54 Å². The van der Waals surface area contributed by atoms with E-state index in [2.05, 4.69) is 0 Å². The number of imide groups is 1. The SMILES string of the molecule is CN1CC(=O)N(CC(O)COc2ccc3ccccc3c2)C1=O. The van der Waals surface area contributed by atoms with Crippen LogP contribution < -0.4 is 4.74 Å². The van der Waals surface area contributed by atoms with Gasteiger partial charge in [-0.3, -0.25) is 9.69 Å². The zero-order valence-corrected chi connectivity index (χ0v) is 12.8. The van der Waals surface area contributed by atoms with Crippen LogP contribution in [-0.4, -0.2) is 59.7 Å². The Balaban J connectivity index is 1.58. The lowest BCUT2D eigenvalue weighted by Crippen LogP contribution is -2.40. The minimum absolute atomic E-state index is 0.0130. The van der Waals surface area contributed by atoms with Gasteiger partial charge in [-0.05, 0) is 22.9 Å². The van der Waals surface area contributed by atoms with Crippen molar-refractivity contribution in [3.8, 4) is 5.75 Å². The van der Waals surface area contributed by atoms with Crippen molar-refractivity contribution < 1.29 is 19.4 Å². The summed E-state index contributed by atoms with van der Waals surface area (Å²) in [6.45, 7) is 0.00574. The Hall–Kier alpha value is -2.60. The number of hydrogen-bond donors (Lipinski definition) is 1. The van der Waals surface area contributed by atoms with Crippen LogP contribution in [-0.2, 0) is 4.79 Å². The molecule has 3 amide bonds. The molecule has 1 unspecified atom stereocenters. The second-order valence-corrected chi connectivity index (χ2v) is 5.62. The number of hydrogen-bond acceptors (Lipinski definition) is 4. The first-order valence-corrected chi connectivity index (χ1v) is 7.40. The van der Waals surface area contributed by atoms with Crippen molar-refractivity contribution in [3.05, 3.63) is 42.5 Å². The molecule has 1 N–H and O–H groups in total. The minimum Gasteiger partial charge on any atom is -0.491 e. The first kappa shape index (κ1) is 15.3. The van der Waals surface area contributed by atoms with Crippen LogP contribution in [0.25, 0.3) is 10.8 Å². The van der Waals surface area contributed by atoms with Crippen molar-refractivity contribution in [2.24, 2.45) is 0 Å². The summed E-state index contributed by atoms with van der Waals surface area (Å²) in [5.41, 5.74) is 0. The van der Waals surface area contributed by atoms with E-state index in [1.165, 1.54) is 4.90 Å².